The number of hydrogen-bond acceptors (Lipinski definition) is 8. The highest BCUT2D eigenvalue weighted by Gasteiger charge is 2.21. The van der Waals surface area contributed by atoms with E-state index in [4.69, 9.17) is 13.9 Å². The van der Waals surface area contributed by atoms with Crippen LogP contribution in [0.3, 0.4) is 0 Å². The second-order valence-electron chi connectivity index (χ2n) is 6.01. The van der Waals surface area contributed by atoms with E-state index in [0.29, 0.717) is 11.5 Å². The Balaban J connectivity index is 1.63. The molecule has 3 aromatic rings. The van der Waals surface area contributed by atoms with Gasteiger partial charge in [0.1, 0.15) is 29.5 Å². The highest BCUT2D eigenvalue weighted by atomic mass is 16.6. The lowest BCUT2D eigenvalue weighted by Gasteiger charge is -2.07. The molecule has 11 heteroatoms. The highest BCUT2D eigenvalue weighted by Crippen LogP contribution is 2.20. The Morgan fingerprint density at radius 3 is 2.63 bits per heavy atom. The molecule has 0 spiro atoms. The van der Waals surface area contributed by atoms with Crippen molar-refractivity contribution in [1.29, 1.82) is 0 Å². The number of nitro benzene ring substituents is 1. The molecule has 0 radical (unpaired) electrons. The SMILES string of the molecule is CCOC(=O)c1cnn(C)c1NC(=O)c1ccc(COc2ccc([N+](=O)[O-])cc2)o1. The highest BCUT2D eigenvalue weighted by molar-refractivity contribution is 6.05. The predicted molar refractivity (Wildman–Crippen MR) is 103 cm³/mol. The molecule has 0 saturated carbocycles. The van der Waals surface area contributed by atoms with E-state index in [-0.39, 0.29) is 36.0 Å². The number of nitro groups is 1. The second kappa shape index (κ2) is 8.90. The zero-order chi connectivity index (χ0) is 21.7. The Hall–Kier alpha value is -4.15. The number of rotatable bonds is 8. The summed E-state index contributed by atoms with van der Waals surface area (Å²) in [6.07, 6.45) is 1.30. The number of esters is 1. The van der Waals surface area contributed by atoms with Gasteiger partial charge < -0.3 is 19.2 Å². The summed E-state index contributed by atoms with van der Waals surface area (Å²) >= 11 is 0. The van der Waals surface area contributed by atoms with Crippen LogP contribution in [0.25, 0.3) is 0 Å². The van der Waals surface area contributed by atoms with Gasteiger partial charge in [0.05, 0.1) is 17.7 Å². The standard InChI is InChI=1S/C19H18N4O7/c1-3-28-19(25)15-10-20-22(2)17(15)21-18(24)16-9-8-14(30-16)11-29-13-6-4-12(5-7-13)23(26)27/h4-10H,3,11H2,1-2H3,(H,21,24). The number of nitrogens with one attached hydrogen (secondary N) is 1. The van der Waals surface area contributed by atoms with Gasteiger partial charge in [-0.15, -0.1) is 0 Å². The average molecular weight is 414 g/mol. The number of carbonyl (C=O) groups is 2. The van der Waals surface area contributed by atoms with Gasteiger partial charge in [-0.3, -0.25) is 19.6 Å². The lowest BCUT2D eigenvalue weighted by molar-refractivity contribution is -0.384. The number of benzene rings is 1. The number of hydrogen-bond donors (Lipinski definition) is 1. The summed E-state index contributed by atoms with van der Waals surface area (Å²) in [5.74, 6) is -0.207. The minimum absolute atomic E-state index is 0.00769. The van der Waals surface area contributed by atoms with E-state index in [0.717, 1.165) is 0 Å². The number of anilines is 1. The maximum absolute atomic E-state index is 12.5. The maximum Gasteiger partial charge on any atom is 0.343 e. The molecule has 2 aromatic heterocycles. The molecular weight excluding hydrogens is 396 g/mol. The first-order valence-electron chi connectivity index (χ1n) is 8.85. The molecule has 0 aliphatic rings. The number of aryl methyl sites for hydroxylation is 1. The number of aromatic nitrogens is 2. The quantitative estimate of drug-likeness (QED) is 0.337. The molecular formula is C19H18N4O7. The summed E-state index contributed by atoms with van der Waals surface area (Å²) in [4.78, 5) is 34.6. The van der Waals surface area contributed by atoms with Crippen LogP contribution >= 0.6 is 0 Å². The Labute approximate surface area is 170 Å². The van der Waals surface area contributed by atoms with Crippen molar-refractivity contribution < 1.29 is 28.4 Å². The minimum Gasteiger partial charge on any atom is -0.486 e. The Morgan fingerprint density at radius 2 is 1.97 bits per heavy atom. The van der Waals surface area contributed by atoms with Crippen molar-refractivity contribution in [2.45, 2.75) is 13.5 Å². The summed E-state index contributed by atoms with van der Waals surface area (Å²) in [6.45, 7) is 1.89. The average Bonchev–Trinajstić information content (AvgIpc) is 3.34. The monoisotopic (exact) mass is 414 g/mol. The van der Waals surface area contributed by atoms with Gasteiger partial charge in [-0.2, -0.15) is 5.10 Å². The van der Waals surface area contributed by atoms with Crippen molar-refractivity contribution in [3.63, 3.8) is 0 Å². The summed E-state index contributed by atoms with van der Waals surface area (Å²) < 4.78 is 17.3. The van der Waals surface area contributed by atoms with E-state index in [2.05, 4.69) is 10.4 Å². The van der Waals surface area contributed by atoms with Crippen molar-refractivity contribution in [2.75, 3.05) is 11.9 Å². The van der Waals surface area contributed by atoms with E-state index in [1.54, 1.807) is 20.0 Å². The third-order valence-electron chi connectivity index (χ3n) is 3.98. The Morgan fingerprint density at radius 1 is 1.23 bits per heavy atom. The summed E-state index contributed by atoms with van der Waals surface area (Å²) in [6, 6.07) is 8.61. The normalized spacial score (nSPS) is 10.5. The maximum atomic E-state index is 12.5. The van der Waals surface area contributed by atoms with E-state index in [1.807, 2.05) is 0 Å². The molecule has 0 atom stereocenters. The number of nitrogens with zero attached hydrogens (tertiary/aromatic N) is 3. The number of furan rings is 1. The largest absolute Gasteiger partial charge is 0.486 e. The van der Waals surface area contributed by atoms with Crippen LogP contribution in [0.1, 0.15) is 33.6 Å². The molecule has 0 fully saturated rings. The Bertz CT molecular complexity index is 1070. The van der Waals surface area contributed by atoms with Crippen LogP contribution in [-0.2, 0) is 18.4 Å². The van der Waals surface area contributed by atoms with Crippen LogP contribution in [-0.4, -0.2) is 33.2 Å². The third kappa shape index (κ3) is 4.63. The molecule has 0 saturated heterocycles. The van der Waals surface area contributed by atoms with Gasteiger partial charge in [0.2, 0.25) is 0 Å². The molecule has 0 bridgehead atoms. The second-order valence-corrected chi connectivity index (χ2v) is 6.01. The van der Waals surface area contributed by atoms with Crippen molar-refractivity contribution in [3.05, 3.63) is 69.8 Å². The van der Waals surface area contributed by atoms with Crippen LogP contribution in [0.4, 0.5) is 11.5 Å². The summed E-state index contributed by atoms with van der Waals surface area (Å²) in [5, 5.41) is 17.2. The van der Waals surface area contributed by atoms with Crippen LogP contribution in [0, 0.1) is 10.1 Å². The first-order chi connectivity index (χ1) is 14.4. The van der Waals surface area contributed by atoms with Gasteiger partial charge in [0.25, 0.3) is 11.6 Å². The topological polar surface area (TPSA) is 139 Å². The van der Waals surface area contributed by atoms with Crippen molar-refractivity contribution in [2.24, 2.45) is 7.05 Å². The smallest absolute Gasteiger partial charge is 0.343 e. The molecule has 30 heavy (non-hydrogen) atoms. The minimum atomic E-state index is -0.600. The molecule has 156 valence electrons. The van der Waals surface area contributed by atoms with Crippen LogP contribution in [0.15, 0.2) is 47.0 Å². The van der Waals surface area contributed by atoms with Gasteiger partial charge in [-0.25, -0.2) is 4.79 Å². The molecule has 3 rings (SSSR count). The van der Waals surface area contributed by atoms with Gasteiger partial charge in [-0.05, 0) is 31.2 Å². The Kier molecular flexibility index (Phi) is 6.11. The number of non-ortho nitro benzene ring substituents is 1. The van der Waals surface area contributed by atoms with Gasteiger partial charge in [-0.1, -0.05) is 0 Å². The van der Waals surface area contributed by atoms with Crippen LogP contribution in [0.5, 0.6) is 5.75 Å². The molecule has 0 unspecified atom stereocenters. The predicted octanol–water partition coefficient (Wildman–Crippen LogP) is 2.93. The summed E-state index contributed by atoms with van der Waals surface area (Å²) in [5.41, 5.74) is 0.0812. The van der Waals surface area contributed by atoms with E-state index in [9.17, 15) is 19.7 Å². The molecule has 1 aromatic carbocycles. The molecule has 0 aliphatic heterocycles. The van der Waals surface area contributed by atoms with E-state index in [1.165, 1.54) is 41.2 Å². The third-order valence-corrected chi connectivity index (χ3v) is 3.98. The van der Waals surface area contributed by atoms with Crippen molar-refractivity contribution in [1.82, 2.24) is 9.78 Å². The lowest BCUT2D eigenvalue weighted by Crippen LogP contribution is -2.17. The van der Waals surface area contributed by atoms with Crippen molar-refractivity contribution in [3.8, 4) is 5.75 Å². The molecule has 1 N–H and O–H groups in total. The van der Waals surface area contributed by atoms with Gasteiger partial charge >= 0.3 is 5.97 Å². The number of ether oxygens (including phenoxy) is 2. The fourth-order valence-electron chi connectivity index (χ4n) is 2.51. The first kappa shape index (κ1) is 20.6. The zero-order valence-corrected chi connectivity index (χ0v) is 16.2. The van der Waals surface area contributed by atoms with Crippen LogP contribution < -0.4 is 10.1 Å². The lowest BCUT2D eigenvalue weighted by atomic mass is 10.3. The van der Waals surface area contributed by atoms with E-state index >= 15 is 0 Å². The zero-order valence-electron chi connectivity index (χ0n) is 16.2. The molecule has 0 aliphatic carbocycles. The number of amides is 1. The fourth-order valence-corrected chi connectivity index (χ4v) is 2.51. The molecule has 11 nitrogen and oxygen atoms in total. The molecule has 1 amide bonds. The van der Waals surface area contributed by atoms with Crippen molar-refractivity contribution >= 4 is 23.4 Å². The van der Waals surface area contributed by atoms with Gasteiger partial charge in [0, 0.05) is 19.2 Å². The fraction of sp³-hybridized carbons (Fsp3) is 0.211. The van der Waals surface area contributed by atoms with Crippen LogP contribution in [0.2, 0.25) is 0 Å². The number of carbonyl (C=O) groups excluding carboxylic acids is 2. The van der Waals surface area contributed by atoms with Gasteiger partial charge in [0.15, 0.2) is 5.76 Å². The van der Waals surface area contributed by atoms with E-state index < -0.39 is 16.8 Å². The first-order valence-corrected chi connectivity index (χ1v) is 8.85. The summed E-state index contributed by atoms with van der Waals surface area (Å²) in [7, 11) is 1.57. The molecule has 2 heterocycles.